The van der Waals surface area contributed by atoms with Crippen molar-refractivity contribution in [2.75, 3.05) is 5.32 Å². The Morgan fingerprint density at radius 2 is 1.77 bits per heavy atom. The first-order valence-electron chi connectivity index (χ1n) is 6.68. The number of carbonyl (C=O) groups excluding carboxylic acids is 1. The van der Waals surface area contributed by atoms with Gasteiger partial charge in [0.1, 0.15) is 5.82 Å². The Kier molecular flexibility index (Phi) is 3.87. The molecule has 0 saturated heterocycles. The van der Waals surface area contributed by atoms with E-state index in [0.29, 0.717) is 5.69 Å². The summed E-state index contributed by atoms with van der Waals surface area (Å²) in [5.41, 5.74) is 2.23. The fourth-order valence-electron chi connectivity index (χ4n) is 1.95. The number of para-hydroxylation sites is 3. The summed E-state index contributed by atoms with van der Waals surface area (Å²) in [6.45, 7) is 0. The fraction of sp³-hybridized carbons (Fsp3) is 0. The maximum atomic E-state index is 13.4. The first kappa shape index (κ1) is 13.9. The molecule has 108 valence electrons. The third kappa shape index (κ3) is 3.15. The molecule has 1 amide bonds. The van der Waals surface area contributed by atoms with Crippen LogP contribution in [0.2, 0.25) is 0 Å². The van der Waals surface area contributed by atoms with Gasteiger partial charge in [-0.25, -0.2) is 9.37 Å². The van der Waals surface area contributed by atoms with E-state index in [9.17, 15) is 9.18 Å². The molecule has 2 aromatic carbocycles. The van der Waals surface area contributed by atoms with Crippen molar-refractivity contribution in [3.8, 4) is 0 Å². The SMILES string of the molecule is O=C(/C=C/c1cnc2ccccc2n1)Nc1ccccc1F. The molecule has 22 heavy (non-hydrogen) atoms. The number of amides is 1. The number of halogens is 1. The van der Waals surface area contributed by atoms with Gasteiger partial charge in [-0.05, 0) is 30.3 Å². The maximum Gasteiger partial charge on any atom is 0.248 e. The van der Waals surface area contributed by atoms with Crippen LogP contribution in [0.3, 0.4) is 0 Å². The normalized spacial score (nSPS) is 11.0. The Morgan fingerprint density at radius 1 is 1.05 bits per heavy atom. The van der Waals surface area contributed by atoms with Crippen LogP contribution in [0.25, 0.3) is 17.1 Å². The molecule has 1 N–H and O–H groups in total. The first-order valence-corrected chi connectivity index (χ1v) is 6.68. The molecule has 1 aromatic heterocycles. The van der Waals surface area contributed by atoms with E-state index in [0.717, 1.165) is 11.0 Å². The summed E-state index contributed by atoms with van der Waals surface area (Å²) in [5.74, 6) is -0.908. The molecular formula is C17H12FN3O. The third-order valence-electron chi connectivity index (χ3n) is 3.00. The van der Waals surface area contributed by atoms with Crippen molar-refractivity contribution in [1.29, 1.82) is 0 Å². The van der Waals surface area contributed by atoms with Gasteiger partial charge >= 0.3 is 0 Å². The van der Waals surface area contributed by atoms with Crippen LogP contribution in [0.15, 0.2) is 60.8 Å². The monoisotopic (exact) mass is 293 g/mol. The van der Waals surface area contributed by atoms with Crippen LogP contribution in [0.5, 0.6) is 0 Å². The van der Waals surface area contributed by atoms with Gasteiger partial charge in [0.2, 0.25) is 5.91 Å². The lowest BCUT2D eigenvalue weighted by Crippen LogP contribution is -2.09. The van der Waals surface area contributed by atoms with Gasteiger partial charge in [0.25, 0.3) is 0 Å². The topological polar surface area (TPSA) is 54.9 Å². The van der Waals surface area contributed by atoms with E-state index >= 15 is 0 Å². The summed E-state index contributed by atoms with van der Waals surface area (Å²) in [7, 11) is 0. The number of benzene rings is 2. The fourth-order valence-corrected chi connectivity index (χ4v) is 1.95. The number of hydrogen-bond donors (Lipinski definition) is 1. The molecule has 0 unspecified atom stereocenters. The molecule has 0 bridgehead atoms. The number of hydrogen-bond acceptors (Lipinski definition) is 3. The molecule has 0 fully saturated rings. The van der Waals surface area contributed by atoms with E-state index in [1.54, 1.807) is 18.3 Å². The summed E-state index contributed by atoms with van der Waals surface area (Å²) in [4.78, 5) is 20.4. The van der Waals surface area contributed by atoms with Gasteiger partial charge in [0.05, 0.1) is 28.6 Å². The van der Waals surface area contributed by atoms with Crippen molar-refractivity contribution in [2.45, 2.75) is 0 Å². The molecule has 0 saturated carbocycles. The molecule has 0 aliphatic carbocycles. The average molecular weight is 293 g/mol. The minimum atomic E-state index is -0.477. The predicted molar refractivity (Wildman–Crippen MR) is 83.6 cm³/mol. The molecular weight excluding hydrogens is 281 g/mol. The number of nitrogens with one attached hydrogen (secondary N) is 1. The van der Waals surface area contributed by atoms with Crippen molar-refractivity contribution >= 4 is 28.7 Å². The number of nitrogens with zero attached hydrogens (tertiary/aromatic N) is 2. The summed E-state index contributed by atoms with van der Waals surface area (Å²) >= 11 is 0. The van der Waals surface area contributed by atoms with Crippen molar-refractivity contribution < 1.29 is 9.18 Å². The average Bonchev–Trinajstić information content (AvgIpc) is 2.55. The maximum absolute atomic E-state index is 13.4. The van der Waals surface area contributed by atoms with Gasteiger partial charge in [0, 0.05) is 6.08 Å². The highest BCUT2D eigenvalue weighted by Crippen LogP contribution is 2.13. The lowest BCUT2D eigenvalue weighted by molar-refractivity contribution is -0.111. The van der Waals surface area contributed by atoms with Crippen LogP contribution in [-0.4, -0.2) is 15.9 Å². The van der Waals surface area contributed by atoms with Crippen molar-refractivity contribution in [3.63, 3.8) is 0 Å². The van der Waals surface area contributed by atoms with E-state index < -0.39 is 11.7 Å². The molecule has 0 aliphatic heterocycles. The van der Waals surface area contributed by atoms with Crippen LogP contribution in [0, 0.1) is 5.82 Å². The summed E-state index contributed by atoms with van der Waals surface area (Å²) in [5, 5.41) is 2.47. The highest BCUT2D eigenvalue weighted by Gasteiger charge is 2.03. The zero-order valence-electron chi connectivity index (χ0n) is 11.5. The molecule has 5 heteroatoms. The Hall–Kier alpha value is -3.08. The lowest BCUT2D eigenvalue weighted by atomic mass is 10.3. The van der Waals surface area contributed by atoms with E-state index in [1.807, 2.05) is 24.3 Å². The zero-order valence-corrected chi connectivity index (χ0v) is 11.5. The molecule has 1 heterocycles. The van der Waals surface area contributed by atoms with Crippen LogP contribution < -0.4 is 5.32 Å². The number of anilines is 1. The molecule has 0 radical (unpaired) electrons. The molecule has 3 rings (SSSR count). The highest BCUT2D eigenvalue weighted by atomic mass is 19.1. The molecule has 3 aromatic rings. The second kappa shape index (κ2) is 6.13. The van der Waals surface area contributed by atoms with Crippen molar-refractivity contribution in [1.82, 2.24) is 9.97 Å². The van der Waals surface area contributed by atoms with Crippen LogP contribution in [0.4, 0.5) is 10.1 Å². The van der Waals surface area contributed by atoms with Gasteiger partial charge in [0.15, 0.2) is 0 Å². The summed E-state index contributed by atoms with van der Waals surface area (Å²) < 4.78 is 13.4. The van der Waals surface area contributed by atoms with Gasteiger partial charge in [-0.2, -0.15) is 0 Å². The molecule has 0 aliphatic rings. The number of rotatable bonds is 3. The van der Waals surface area contributed by atoms with Crippen LogP contribution >= 0.6 is 0 Å². The van der Waals surface area contributed by atoms with Crippen molar-refractivity contribution in [3.05, 3.63) is 72.3 Å². The van der Waals surface area contributed by atoms with E-state index in [1.165, 1.54) is 24.3 Å². The molecule has 0 spiro atoms. The van der Waals surface area contributed by atoms with Gasteiger partial charge < -0.3 is 5.32 Å². The highest BCUT2D eigenvalue weighted by molar-refractivity contribution is 6.01. The van der Waals surface area contributed by atoms with Crippen LogP contribution in [-0.2, 0) is 4.79 Å². The van der Waals surface area contributed by atoms with E-state index in [4.69, 9.17) is 0 Å². The lowest BCUT2D eigenvalue weighted by Gasteiger charge is -2.02. The van der Waals surface area contributed by atoms with Crippen LogP contribution in [0.1, 0.15) is 5.69 Å². The second-order valence-corrected chi connectivity index (χ2v) is 4.59. The van der Waals surface area contributed by atoms with Crippen molar-refractivity contribution in [2.24, 2.45) is 0 Å². The minimum Gasteiger partial charge on any atom is -0.320 e. The largest absolute Gasteiger partial charge is 0.320 e. The Bertz CT molecular complexity index is 861. The summed E-state index contributed by atoms with van der Waals surface area (Å²) in [6.07, 6.45) is 4.41. The first-order chi connectivity index (χ1) is 10.7. The Morgan fingerprint density at radius 3 is 2.59 bits per heavy atom. The number of fused-ring (bicyclic) bond motifs is 1. The number of carbonyl (C=O) groups is 1. The zero-order chi connectivity index (χ0) is 15.4. The third-order valence-corrected chi connectivity index (χ3v) is 3.00. The quantitative estimate of drug-likeness (QED) is 0.753. The second-order valence-electron chi connectivity index (χ2n) is 4.59. The Balaban J connectivity index is 1.75. The standard InChI is InChI=1S/C17H12FN3O/c18-13-5-1-2-6-14(13)21-17(22)10-9-12-11-19-15-7-3-4-8-16(15)20-12/h1-11H,(H,21,22)/b10-9+. The Labute approximate surface area is 126 Å². The van der Waals surface area contributed by atoms with E-state index in [2.05, 4.69) is 15.3 Å². The molecule has 0 atom stereocenters. The predicted octanol–water partition coefficient (Wildman–Crippen LogP) is 3.42. The molecule has 4 nitrogen and oxygen atoms in total. The smallest absolute Gasteiger partial charge is 0.248 e. The van der Waals surface area contributed by atoms with Gasteiger partial charge in [-0.3, -0.25) is 9.78 Å². The van der Waals surface area contributed by atoms with Gasteiger partial charge in [-0.1, -0.05) is 24.3 Å². The van der Waals surface area contributed by atoms with Gasteiger partial charge in [-0.15, -0.1) is 0 Å². The minimum absolute atomic E-state index is 0.141. The number of aromatic nitrogens is 2. The van der Waals surface area contributed by atoms with E-state index in [-0.39, 0.29) is 5.69 Å². The summed E-state index contributed by atoms with van der Waals surface area (Å²) in [6, 6.07) is 13.5.